The van der Waals surface area contributed by atoms with Crippen molar-refractivity contribution in [3.8, 4) is 0 Å². The van der Waals surface area contributed by atoms with Crippen molar-refractivity contribution in [2.45, 2.75) is 27.3 Å². The molecule has 1 N–H and O–H groups in total. The van der Waals surface area contributed by atoms with Crippen molar-refractivity contribution in [2.75, 3.05) is 0 Å². The maximum atomic E-state index is 13.7. The Balaban J connectivity index is 1.98. The summed E-state index contributed by atoms with van der Waals surface area (Å²) in [5.41, 5.74) is 3.53. The van der Waals surface area contributed by atoms with Gasteiger partial charge in [-0.05, 0) is 18.8 Å². The van der Waals surface area contributed by atoms with Crippen molar-refractivity contribution in [1.82, 2.24) is 25.0 Å². The molecule has 0 spiro atoms. The molecule has 0 aliphatic heterocycles. The van der Waals surface area contributed by atoms with Crippen molar-refractivity contribution < 1.29 is 14.1 Å². The number of carbonyl (C=O) groups excluding carboxylic acids is 1. The van der Waals surface area contributed by atoms with E-state index in [1.54, 1.807) is 20.8 Å². The van der Waals surface area contributed by atoms with Gasteiger partial charge in [0.15, 0.2) is 0 Å². The average Bonchev–Trinajstić information content (AvgIpc) is 3.01. The number of halogens is 1. The van der Waals surface area contributed by atoms with Gasteiger partial charge in [-0.3, -0.25) is 4.79 Å². The number of nitrogens with one attached hydrogen (secondary N) is 1. The van der Waals surface area contributed by atoms with Crippen LogP contribution in [0.4, 0.5) is 10.2 Å². The number of aryl methyl sites for hydroxylation is 3. The van der Waals surface area contributed by atoms with E-state index >= 15 is 0 Å². The zero-order valence-electron chi connectivity index (χ0n) is 14.2. The standard InChI is InChI=1S/C14H18FN7O3/c1-8(7-21-9(2)5-12(19-21)22(24)25)14(23)17-16-6-11-10(3)18-20(4)13(11)15/h5-6,8H,7H2,1-4H3,(H,17,23)/b16-6+. The lowest BCUT2D eigenvalue weighted by atomic mass is 10.2. The summed E-state index contributed by atoms with van der Waals surface area (Å²) >= 11 is 0. The molecule has 10 nitrogen and oxygen atoms in total. The summed E-state index contributed by atoms with van der Waals surface area (Å²) in [5.74, 6) is -1.79. The Bertz CT molecular complexity index is 840. The van der Waals surface area contributed by atoms with Crippen LogP contribution in [0.25, 0.3) is 0 Å². The number of nitro groups is 1. The summed E-state index contributed by atoms with van der Waals surface area (Å²) in [4.78, 5) is 22.2. The summed E-state index contributed by atoms with van der Waals surface area (Å²) < 4.78 is 16.2. The summed E-state index contributed by atoms with van der Waals surface area (Å²) in [6.07, 6.45) is 1.19. The molecule has 2 aromatic rings. The third kappa shape index (κ3) is 4.05. The zero-order valence-corrected chi connectivity index (χ0v) is 14.2. The molecule has 0 aliphatic rings. The van der Waals surface area contributed by atoms with Gasteiger partial charge in [0.2, 0.25) is 11.9 Å². The molecule has 2 heterocycles. The molecule has 2 aromatic heterocycles. The Morgan fingerprint density at radius 2 is 2.20 bits per heavy atom. The van der Waals surface area contributed by atoms with Gasteiger partial charge in [0.25, 0.3) is 0 Å². The average molecular weight is 351 g/mol. The van der Waals surface area contributed by atoms with Crippen molar-refractivity contribution in [1.29, 1.82) is 0 Å². The molecule has 25 heavy (non-hydrogen) atoms. The van der Waals surface area contributed by atoms with Crippen LogP contribution in [0.15, 0.2) is 11.2 Å². The molecule has 0 aliphatic carbocycles. The first-order valence-electron chi connectivity index (χ1n) is 7.41. The lowest BCUT2D eigenvalue weighted by molar-refractivity contribution is -0.389. The van der Waals surface area contributed by atoms with Gasteiger partial charge in [0, 0.05) is 7.05 Å². The lowest BCUT2D eigenvalue weighted by Crippen LogP contribution is -2.28. The molecular weight excluding hydrogens is 333 g/mol. The van der Waals surface area contributed by atoms with Crippen LogP contribution in [-0.2, 0) is 18.4 Å². The van der Waals surface area contributed by atoms with E-state index in [0.29, 0.717) is 11.4 Å². The van der Waals surface area contributed by atoms with Crippen molar-refractivity contribution in [2.24, 2.45) is 18.1 Å². The van der Waals surface area contributed by atoms with E-state index in [1.807, 2.05) is 0 Å². The first-order valence-corrected chi connectivity index (χ1v) is 7.41. The van der Waals surface area contributed by atoms with E-state index < -0.39 is 22.7 Å². The molecule has 0 bridgehead atoms. The van der Waals surface area contributed by atoms with E-state index in [2.05, 4.69) is 20.7 Å². The first-order chi connectivity index (χ1) is 11.7. The molecule has 0 saturated carbocycles. The fraction of sp³-hybridized carbons (Fsp3) is 0.429. The highest BCUT2D eigenvalue weighted by Gasteiger charge is 2.20. The molecule has 0 saturated heterocycles. The molecule has 0 fully saturated rings. The van der Waals surface area contributed by atoms with Gasteiger partial charge in [-0.25, -0.2) is 10.1 Å². The highest BCUT2D eigenvalue weighted by atomic mass is 19.1. The van der Waals surface area contributed by atoms with Gasteiger partial charge >= 0.3 is 5.82 Å². The lowest BCUT2D eigenvalue weighted by Gasteiger charge is -2.08. The van der Waals surface area contributed by atoms with Crippen LogP contribution in [0.5, 0.6) is 0 Å². The number of rotatable bonds is 6. The Morgan fingerprint density at radius 1 is 1.52 bits per heavy atom. The topological polar surface area (TPSA) is 120 Å². The smallest absolute Gasteiger partial charge is 0.358 e. The molecule has 0 aromatic carbocycles. The molecule has 1 atom stereocenters. The number of hydrogen-bond acceptors (Lipinski definition) is 6. The largest absolute Gasteiger partial charge is 0.390 e. The fourth-order valence-electron chi connectivity index (χ4n) is 2.17. The Labute approximate surface area is 142 Å². The number of hydrogen-bond donors (Lipinski definition) is 1. The first kappa shape index (κ1) is 18.2. The van der Waals surface area contributed by atoms with Crippen LogP contribution in [0.2, 0.25) is 0 Å². The molecular formula is C14H18FN7O3. The highest BCUT2D eigenvalue weighted by molar-refractivity contribution is 5.84. The number of amides is 1. The minimum absolute atomic E-state index is 0.154. The third-order valence-electron chi connectivity index (χ3n) is 3.61. The highest BCUT2D eigenvalue weighted by Crippen LogP contribution is 2.13. The summed E-state index contributed by atoms with van der Waals surface area (Å²) in [7, 11) is 1.46. The second-order valence-corrected chi connectivity index (χ2v) is 5.63. The fourth-order valence-corrected chi connectivity index (χ4v) is 2.17. The quantitative estimate of drug-likeness (QED) is 0.474. The Morgan fingerprint density at radius 3 is 2.72 bits per heavy atom. The Kier molecular flexibility index (Phi) is 5.25. The van der Waals surface area contributed by atoms with Crippen molar-refractivity contribution in [3.05, 3.63) is 39.1 Å². The molecule has 1 amide bonds. The molecule has 2 rings (SSSR count). The number of nitrogens with zero attached hydrogens (tertiary/aromatic N) is 6. The predicted molar refractivity (Wildman–Crippen MR) is 86.4 cm³/mol. The van der Waals surface area contributed by atoms with E-state index in [4.69, 9.17) is 0 Å². The van der Waals surface area contributed by atoms with Gasteiger partial charge in [0.05, 0.1) is 46.8 Å². The number of carbonyl (C=O) groups is 1. The third-order valence-corrected chi connectivity index (χ3v) is 3.61. The molecule has 1 unspecified atom stereocenters. The summed E-state index contributed by atoms with van der Waals surface area (Å²) in [6.45, 7) is 5.08. The SMILES string of the molecule is Cc1nn(C)c(F)c1/C=N/NC(=O)C(C)Cn1nc([N+](=O)[O-])cc1C. The molecule has 0 radical (unpaired) electrons. The van der Waals surface area contributed by atoms with Gasteiger partial charge in [-0.15, -0.1) is 0 Å². The van der Waals surface area contributed by atoms with E-state index in [9.17, 15) is 19.3 Å². The van der Waals surface area contributed by atoms with Crippen LogP contribution in [0, 0.1) is 35.8 Å². The predicted octanol–water partition coefficient (Wildman–Crippen LogP) is 1.07. The second kappa shape index (κ2) is 7.20. The van der Waals surface area contributed by atoms with Crippen LogP contribution >= 0.6 is 0 Å². The van der Waals surface area contributed by atoms with Gasteiger partial charge in [-0.1, -0.05) is 6.92 Å². The van der Waals surface area contributed by atoms with Crippen molar-refractivity contribution in [3.63, 3.8) is 0 Å². The maximum Gasteiger partial charge on any atom is 0.390 e. The van der Waals surface area contributed by atoms with Crippen LogP contribution in [0.3, 0.4) is 0 Å². The minimum atomic E-state index is -0.594. The van der Waals surface area contributed by atoms with E-state index in [-0.39, 0.29) is 17.9 Å². The molecule has 11 heteroatoms. The summed E-state index contributed by atoms with van der Waals surface area (Å²) in [6, 6.07) is 1.33. The van der Waals surface area contributed by atoms with Crippen molar-refractivity contribution >= 4 is 17.9 Å². The van der Waals surface area contributed by atoms with Crippen LogP contribution in [-0.4, -0.2) is 36.6 Å². The second-order valence-electron chi connectivity index (χ2n) is 5.63. The maximum absolute atomic E-state index is 13.7. The van der Waals surface area contributed by atoms with Gasteiger partial charge < -0.3 is 10.1 Å². The summed E-state index contributed by atoms with van der Waals surface area (Å²) in [5, 5.41) is 22.2. The Hall–Kier alpha value is -3.11. The number of aromatic nitrogens is 4. The monoisotopic (exact) mass is 351 g/mol. The minimum Gasteiger partial charge on any atom is -0.358 e. The number of hydrazone groups is 1. The van der Waals surface area contributed by atoms with Gasteiger partial charge in [0.1, 0.15) is 0 Å². The molecule has 134 valence electrons. The normalized spacial score (nSPS) is 12.5. The van der Waals surface area contributed by atoms with Crippen LogP contribution < -0.4 is 5.43 Å². The van der Waals surface area contributed by atoms with E-state index in [0.717, 1.165) is 4.68 Å². The van der Waals surface area contributed by atoms with Gasteiger partial charge in [-0.2, -0.15) is 19.3 Å². The zero-order chi connectivity index (χ0) is 18.7. The van der Waals surface area contributed by atoms with E-state index in [1.165, 1.54) is 24.0 Å². The van der Waals surface area contributed by atoms with Crippen LogP contribution in [0.1, 0.15) is 23.9 Å².